The summed E-state index contributed by atoms with van der Waals surface area (Å²) < 4.78 is 0. The molecule has 0 aromatic heterocycles. The topological polar surface area (TPSA) is 15.3 Å². The molecule has 1 N–H and O–H groups in total. The van der Waals surface area contributed by atoms with Gasteiger partial charge in [0.1, 0.15) is 0 Å². The zero-order valence-electron chi connectivity index (χ0n) is 14.0. The molecule has 1 fully saturated rings. The molecule has 0 aliphatic carbocycles. The van der Waals surface area contributed by atoms with E-state index in [4.69, 9.17) is 0 Å². The minimum absolute atomic E-state index is 0.540. The lowest BCUT2D eigenvalue weighted by Crippen LogP contribution is -2.53. The Hall–Kier alpha value is -0.860. The van der Waals surface area contributed by atoms with Crippen LogP contribution in [0.4, 0.5) is 0 Å². The van der Waals surface area contributed by atoms with Gasteiger partial charge in [-0.2, -0.15) is 0 Å². The second-order valence-electron chi connectivity index (χ2n) is 6.67. The zero-order valence-corrected chi connectivity index (χ0v) is 14.0. The highest BCUT2D eigenvalue weighted by Crippen LogP contribution is 2.26. The Morgan fingerprint density at radius 2 is 1.95 bits per heavy atom. The van der Waals surface area contributed by atoms with Gasteiger partial charge in [-0.05, 0) is 24.3 Å². The molecule has 2 rings (SSSR count). The van der Waals surface area contributed by atoms with Crippen LogP contribution < -0.4 is 5.32 Å². The number of hydrogen-bond donors (Lipinski definition) is 1. The van der Waals surface area contributed by atoms with Gasteiger partial charge in [0, 0.05) is 31.7 Å². The number of benzene rings is 1. The first-order valence-electron chi connectivity index (χ1n) is 8.77. The van der Waals surface area contributed by atoms with E-state index in [2.05, 4.69) is 61.3 Å². The van der Waals surface area contributed by atoms with Crippen LogP contribution in [-0.2, 0) is 0 Å². The Kier molecular flexibility index (Phi) is 6.72. The Morgan fingerprint density at radius 3 is 2.62 bits per heavy atom. The smallest absolute Gasteiger partial charge is 0.0473 e. The van der Waals surface area contributed by atoms with Crippen molar-refractivity contribution in [2.45, 2.75) is 58.5 Å². The highest BCUT2D eigenvalue weighted by atomic mass is 15.2. The SMILES string of the molecule is CCCC(C)CN1CC(CCC)NCC1c1ccccc1. The van der Waals surface area contributed by atoms with Crippen molar-refractivity contribution in [1.29, 1.82) is 0 Å². The Labute approximate surface area is 130 Å². The normalized spacial score (nSPS) is 24.9. The lowest BCUT2D eigenvalue weighted by molar-refractivity contribution is 0.107. The summed E-state index contributed by atoms with van der Waals surface area (Å²) >= 11 is 0. The molecule has 1 saturated heterocycles. The summed E-state index contributed by atoms with van der Waals surface area (Å²) in [6.07, 6.45) is 5.19. The first-order chi connectivity index (χ1) is 10.2. The largest absolute Gasteiger partial charge is 0.311 e. The van der Waals surface area contributed by atoms with Gasteiger partial charge in [0.25, 0.3) is 0 Å². The fourth-order valence-corrected chi connectivity index (χ4v) is 3.61. The standard InChI is InChI=1S/C19H32N2/c1-4-9-16(3)14-21-15-18(10-5-2)20-13-19(21)17-11-7-6-8-12-17/h6-8,11-12,16,18-20H,4-5,9-10,13-15H2,1-3H3. The third-order valence-corrected chi connectivity index (χ3v) is 4.64. The zero-order chi connectivity index (χ0) is 15.1. The van der Waals surface area contributed by atoms with Crippen molar-refractivity contribution in [3.05, 3.63) is 35.9 Å². The Bertz CT molecular complexity index is 388. The Morgan fingerprint density at radius 1 is 1.19 bits per heavy atom. The third kappa shape index (κ3) is 4.82. The van der Waals surface area contributed by atoms with Crippen LogP contribution >= 0.6 is 0 Å². The summed E-state index contributed by atoms with van der Waals surface area (Å²) in [5, 5.41) is 3.76. The van der Waals surface area contributed by atoms with Crippen LogP contribution in [0.2, 0.25) is 0 Å². The predicted molar refractivity (Wildman–Crippen MR) is 91.5 cm³/mol. The number of piperazine rings is 1. The summed E-state index contributed by atoms with van der Waals surface area (Å²) in [7, 11) is 0. The molecule has 21 heavy (non-hydrogen) atoms. The molecule has 3 atom stereocenters. The van der Waals surface area contributed by atoms with Gasteiger partial charge in [-0.3, -0.25) is 4.90 Å². The number of nitrogens with zero attached hydrogens (tertiary/aromatic N) is 1. The monoisotopic (exact) mass is 288 g/mol. The van der Waals surface area contributed by atoms with Crippen molar-refractivity contribution in [3.63, 3.8) is 0 Å². The Balaban J connectivity index is 2.06. The minimum Gasteiger partial charge on any atom is -0.311 e. The maximum absolute atomic E-state index is 3.76. The molecule has 1 aromatic carbocycles. The highest BCUT2D eigenvalue weighted by Gasteiger charge is 2.29. The number of hydrogen-bond acceptors (Lipinski definition) is 2. The van der Waals surface area contributed by atoms with Crippen molar-refractivity contribution in [3.8, 4) is 0 Å². The molecule has 1 heterocycles. The molecule has 3 unspecified atom stereocenters. The molecule has 0 radical (unpaired) electrons. The van der Waals surface area contributed by atoms with Crippen LogP contribution in [0.15, 0.2) is 30.3 Å². The number of nitrogens with one attached hydrogen (secondary N) is 1. The molecule has 0 amide bonds. The van der Waals surface area contributed by atoms with Crippen LogP contribution in [0.5, 0.6) is 0 Å². The summed E-state index contributed by atoms with van der Waals surface area (Å²) in [4.78, 5) is 2.73. The summed E-state index contributed by atoms with van der Waals surface area (Å²) in [6, 6.07) is 12.2. The van der Waals surface area contributed by atoms with Gasteiger partial charge in [0.05, 0.1) is 0 Å². The third-order valence-electron chi connectivity index (χ3n) is 4.64. The summed E-state index contributed by atoms with van der Waals surface area (Å²) in [6.45, 7) is 10.5. The van der Waals surface area contributed by atoms with Crippen LogP contribution in [-0.4, -0.2) is 30.6 Å². The van der Waals surface area contributed by atoms with Gasteiger partial charge in [0.15, 0.2) is 0 Å². The van der Waals surface area contributed by atoms with Crippen molar-refractivity contribution in [1.82, 2.24) is 10.2 Å². The van der Waals surface area contributed by atoms with Crippen LogP contribution in [0.3, 0.4) is 0 Å². The molecule has 118 valence electrons. The van der Waals surface area contributed by atoms with Gasteiger partial charge in [-0.1, -0.05) is 63.9 Å². The fraction of sp³-hybridized carbons (Fsp3) is 0.684. The van der Waals surface area contributed by atoms with Gasteiger partial charge in [0.2, 0.25) is 0 Å². The average molecular weight is 288 g/mol. The highest BCUT2D eigenvalue weighted by molar-refractivity contribution is 5.20. The van der Waals surface area contributed by atoms with E-state index in [0.29, 0.717) is 12.1 Å². The van der Waals surface area contributed by atoms with Crippen molar-refractivity contribution in [2.24, 2.45) is 5.92 Å². The average Bonchev–Trinajstić information content (AvgIpc) is 2.49. The van der Waals surface area contributed by atoms with Crippen LogP contribution in [0.1, 0.15) is 58.1 Å². The van der Waals surface area contributed by atoms with E-state index in [1.807, 2.05) is 0 Å². The molecule has 0 saturated carbocycles. The second kappa shape index (κ2) is 8.55. The fourth-order valence-electron chi connectivity index (χ4n) is 3.61. The summed E-state index contributed by atoms with van der Waals surface area (Å²) in [5.41, 5.74) is 1.46. The lowest BCUT2D eigenvalue weighted by atomic mass is 9.96. The minimum atomic E-state index is 0.540. The number of rotatable bonds is 7. The molecular formula is C19H32N2. The van der Waals surface area contributed by atoms with E-state index in [0.717, 1.165) is 12.5 Å². The van der Waals surface area contributed by atoms with E-state index < -0.39 is 0 Å². The van der Waals surface area contributed by atoms with Crippen molar-refractivity contribution >= 4 is 0 Å². The molecule has 1 aliphatic rings. The van der Waals surface area contributed by atoms with Crippen LogP contribution in [0, 0.1) is 5.92 Å². The molecule has 2 heteroatoms. The molecule has 1 aromatic rings. The van der Waals surface area contributed by atoms with E-state index in [9.17, 15) is 0 Å². The van der Waals surface area contributed by atoms with Crippen molar-refractivity contribution in [2.75, 3.05) is 19.6 Å². The maximum atomic E-state index is 3.76. The molecule has 0 bridgehead atoms. The van der Waals surface area contributed by atoms with Gasteiger partial charge in [-0.15, -0.1) is 0 Å². The maximum Gasteiger partial charge on any atom is 0.0473 e. The summed E-state index contributed by atoms with van der Waals surface area (Å²) in [5.74, 6) is 0.793. The van der Waals surface area contributed by atoms with Crippen LogP contribution in [0.25, 0.3) is 0 Å². The molecule has 2 nitrogen and oxygen atoms in total. The van der Waals surface area contributed by atoms with Gasteiger partial charge in [-0.25, -0.2) is 0 Å². The predicted octanol–water partition coefficient (Wildman–Crippen LogP) is 4.24. The van der Waals surface area contributed by atoms with Crippen molar-refractivity contribution < 1.29 is 0 Å². The molecule has 0 spiro atoms. The first-order valence-corrected chi connectivity index (χ1v) is 8.77. The first kappa shape index (κ1) is 16.5. The quantitative estimate of drug-likeness (QED) is 0.807. The lowest BCUT2D eigenvalue weighted by Gasteiger charge is -2.42. The van der Waals surface area contributed by atoms with E-state index in [1.165, 1.54) is 44.3 Å². The van der Waals surface area contributed by atoms with Gasteiger partial charge >= 0.3 is 0 Å². The molecule has 1 aliphatic heterocycles. The van der Waals surface area contributed by atoms with E-state index in [-0.39, 0.29) is 0 Å². The van der Waals surface area contributed by atoms with E-state index in [1.54, 1.807) is 0 Å². The van der Waals surface area contributed by atoms with Gasteiger partial charge < -0.3 is 5.32 Å². The molecular weight excluding hydrogens is 256 g/mol. The van der Waals surface area contributed by atoms with E-state index >= 15 is 0 Å². The second-order valence-corrected chi connectivity index (χ2v) is 6.67.